The zero-order chi connectivity index (χ0) is 18.3. The van der Waals surface area contributed by atoms with Gasteiger partial charge in [-0.3, -0.25) is 4.90 Å². The van der Waals surface area contributed by atoms with Gasteiger partial charge in [-0.25, -0.2) is 12.7 Å². The molecular weight excluding hydrogens is 352 g/mol. The van der Waals surface area contributed by atoms with E-state index in [0.717, 1.165) is 43.0 Å². The number of rotatable bonds is 4. The van der Waals surface area contributed by atoms with E-state index in [1.807, 2.05) is 18.2 Å². The van der Waals surface area contributed by atoms with Crippen molar-refractivity contribution in [1.82, 2.24) is 9.21 Å². The highest BCUT2D eigenvalue weighted by Crippen LogP contribution is 2.36. The largest absolute Gasteiger partial charge is 0.493 e. The quantitative estimate of drug-likeness (QED) is 0.800. The fourth-order valence-corrected chi connectivity index (χ4v) is 5.27. The third kappa shape index (κ3) is 3.48. The molecule has 0 spiro atoms. The van der Waals surface area contributed by atoms with Crippen molar-refractivity contribution in [2.45, 2.75) is 18.9 Å². The number of para-hydroxylation sites is 1. The Hall–Kier alpha value is -1.57. The number of benzene rings is 1. The van der Waals surface area contributed by atoms with Crippen molar-refractivity contribution >= 4 is 16.1 Å². The van der Waals surface area contributed by atoms with Gasteiger partial charge in [-0.2, -0.15) is 0 Å². The molecule has 1 aromatic rings. The normalized spacial score (nSPS) is 26.6. The molecule has 0 radical (unpaired) electrons. The van der Waals surface area contributed by atoms with Gasteiger partial charge in [0.1, 0.15) is 6.61 Å². The van der Waals surface area contributed by atoms with Crippen LogP contribution >= 0.6 is 0 Å². The summed E-state index contributed by atoms with van der Waals surface area (Å²) < 4.78 is 37.0. The van der Waals surface area contributed by atoms with Gasteiger partial charge in [-0.15, -0.1) is 0 Å². The van der Waals surface area contributed by atoms with Crippen molar-refractivity contribution in [3.63, 3.8) is 0 Å². The van der Waals surface area contributed by atoms with Crippen LogP contribution in [0, 0.1) is 5.92 Å². The van der Waals surface area contributed by atoms with Crippen molar-refractivity contribution < 1.29 is 17.9 Å². The van der Waals surface area contributed by atoms with E-state index in [2.05, 4.69) is 11.0 Å². The van der Waals surface area contributed by atoms with Crippen LogP contribution in [-0.2, 0) is 10.0 Å². The van der Waals surface area contributed by atoms with E-state index in [-0.39, 0.29) is 6.04 Å². The van der Waals surface area contributed by atoms with Crippen molar-refractivity contribution in [3.8, 4) is 11.5 Å². The standard InChI is InChI=1S/C19H26N2O4S/c1-24-18-5-3-4-16-8-15(13-25-19(16)18)10-20-9-14-6-7-17(20)12-21(11-14)26(2,22)23/h3-5,8,14,17H,6-7,9-13H2,1-2H3/t14-,17-/m1/s1. The van der Waals surface area contributed by atoms with Gasteiger partial charge < -0.3 is 9.47 Å². The van der Waals surface area contributed by atoms with Gasteiger partial charge >= 0.3 is 0 Å². The summed E-state index contributed by atoms with van der Waals surface area (Å²) >= 11 is 0. The fourth-order valence-electron chi connectivity index (χ4n) is 4.34. The van der Waals surface area contributed by atoms with Crippen molar-refractivity contribution in [2.24, 2.45) is 5.92 Å². The molecule has 26 heavy (non-hydrogen) atoms. The molecule has 1 aromatic carbocycles. The van der Waals surface area contributed by atoms with E-state index in [0.29, 0.717) is 25.6 Å². The predicted molar refractivity (Wildman–Crippen MR) is 101 cm³/mol. The van der Waals surface area contributed by atoms with Gasteiger partial charge in [0, 0.05) is 37.8 Å². The molecule has 3 fully saturated rings. The van der Waals surface area contributed by atoms with Crippen LogP contribution in [0.25, 0.3) is 6.08 Å². The summed E-state index contributed by atoms with van der Waals surface area (Å²) in [6.45, 7) is 3.60. The maximum Gasteiger partial charge on any atom is 0.211 e. The third-order valence-corrected chi connectivity index (χ3v) is 6.90. The molecule has 4 aliphatic heterocycles. The molecule has 4 heterocycles. The molecular formula is C19H26N2O4S. The summed E-state index contributed by atoms with van der Waals surface area (Å²) in [6, 6.07) is 6.21. The summed E-state index contributed by atoms with van der Waals surface area (Å²) in [5, 5.41) is 0. The minimum Gasteiger partial charge on any atom is -0.493 e. The van der Waals surface area contributed by atoms with Gasteiger partial charge in [-0.05, 0) is 36.5 Å². The Morgan fingerprint density at radius 2 is 2.08 bits per heavy atom. The number of piperidine rings is 1. The second-order valence-electron chi connectivity index (χ2n) is 7.58. The van der Waals surface area contributed by atoms with Gasteiger partial charge in [0.05, 0.1) is 13.4 Å². The van der Waals surface area contributed by atoms with Gasteiger partial charge in [0.2, 0.25) is 10.0 Å². The summed E-state index contributed by atoms with van der Waals surface area (Å²) in [5.41, 5.74) is 2.27. The maximum atomic E-state index is 12.0. The van der Waals surface area contributed by atoms with Gasteiger partial charge in [0.25, 0.3) is 0 Å². The number of hydrogen-bond donors (Lipinski definition) is 0. The first-order valence-corrected chi connectivity index (χ1v) is 11.0. The molecule has 0 unspecified atom stereocenters. The third-order valence-electron chi connectivity index (χ3n) is 5.66. The van der Waals surface area contributed by atoms with Crippen LogP contribution in [0.4, 0.5) is 0 Å². The molecule has 2 bridgehead atoms. The zero-order valence-electron chi connectivity index (χ0n) is 15.3. The number of nitrogens with zero attached hydrogens (tertiary/aromatic N) is 2. The molecule has 5 rings (SSSR count). The Morgan fingerprint density at radius 1 is 1.23 bits per heavy atom. The summed E-state index contributed by atoms with van der Waals surface area (Å²) in [7, 11) is -1.47. The molecule has 0 aromatic heterocycles. The van der Waals surface area contributed by atoms with E-state index in [9.17, 15) is 8.42 Å². The summed E-state index contributed by atoms with van der Waals surface area (Å²) in [5.74, 6) is 1.98. The van der Waals surface area contributed by atoms with Crippen LogP contribution in [0.2, 0.25) is 0 Å². The Bertz CT molecular complexity index is 821. The van der Waals surface area contributed by atoms with Crippen molar-refractivity contribution in [2.75, 3.05) is 46.2 Å². The Morgan fingerprint density at radius 3 is 2.85 bits per heavy atom. The summed E-state index contributed by atoms with van der Waals surface area (Å²) in [4.78, 5) is 2.44. The topological polar surface area (TPSA) is 59.1 Å². The molecule has 142 valence electrons. The fraction of sp³-hybridized carbons (Fsp3) is 0.579. The second kappa shape index (κ2) is 6.87. The van der Waals surface area contributed by atoms with Crippen LogP contribution < -0.4 is 9.47 Å². The van der Waals surface area contributed by atoms with Gasteiger partial charge in [-0.1, -0.05) is 12.1 Å². The minimum atomic E-state index is -3.13. The van der Waals surface area contributed by atoms with Gasteiger partial charge in [0.15, 0.2) is 11.5 Å². The Balaban J connectivity index is 1.52. The smallest absolute Gasteiger partial charge is 0.211 e. The molecule has 7 heteroatoms. The highest BCUT2D eigenvalue weighted by molar-refractivity contribution is 7.88. The van der Waals surface area contributed by atoms with Crippen LogP contribution in [-0.4, -0.2) is 69.8 Å². The molecule has 0 N–H and O–H groups in total. The highest BCUT2D eigenvalue weighted by atomic mass is 32.2. The summed E-state index contributed by atoms with van der Waals surface area (Å²) in [6.07, 6.45) is 5.69. The lowest BCUT2D eigenvalue weighted by Crippen LogP contribution is -2.45. The monoisotopic (exact) mass is 378 g/mol. The average molecular weight is 378 g/mol. The minimum absolute atomic E-state index is 0.288. The Kier molecular flexibility index (Phi) is 4.71. The lowest BCUT2D eigenvalue weighted by atomic mass is 9.94. The maximum absolute atomic E-state index is 12.0. The van der Waals surface area contributed by atoms with Crippen molar-refractivity contribution in [3.05, 3.63) is 29.3 Å². The average Bonchev–Trinajstić information content (AvgIpc) is 2.93. The first-order valence-electron chi connectivity index (χ1n) is 9.12. The van der Waals surface area contributed by atoms with Crippen LogP contribution in [0.1, 0.15) is 18.4 Å². The van der Waals surface area contributed by atoms with Crippen LogP contribution in [0.5, 0.6) is 11.5 Å². The van der Waals surface area contributed by atoms with E-state index >= 15 is 0 Å². The first kappa shape index (κ1) is 17.8. The lowest BCUT2D eigenvalue weighted by Gasteiger charge is -2.37. The number of methoxy groups -OCH3 is 1. The van der Waals surface area contributed by atoms with Crippen LogP contribution in [0.15, 0.2) is 23.8 Å². The van der Waals surface area contributed by atoms with E-state index in [4.69, 9.17) is 9.47 Å². The molecule has 0 saturated carbocycles. The number of fused-ring (bicyclic) bond motifs is 5. The number of sulfonamides is 1. The molecule has 3 saturated heterocycles. The van der Waals surface area contributed by atoms with Crippen molar-refractivity contribution in [1.29, 1.82) is 0 Å². The second-order valence-corrected chi connectivity index (χ2v) is 9.56. The zero-order valence-corrected chi connectivity index (χ0v) is 16.2. The van der Waals surface area contributed by atoms with E-state index < -0.39 is 10.0 Å². The number of hydrogen-bond acceptors (Lipinski definition) is 5. The first-order chi connectivity index (χ1) is 12.4. The number of ether oxygens (including phenoxy) is 2. The molecule has 0 amide bonds. The van der Waals surface area contributed by atoms with Crippen LogP contribution in [0.3, 0.4) is 0 Å². The molecule has 6 nitrogen and oxygen atoms in total. The lowest BCUT2D eigenvalue weighted by molar-refractivity contribution is 0.141. The van der Waals surface area contributed by atoms with E-state index in [1.54, 1.807) is 11.4 Å². The molecule has 4 aliphatic rings. The predicted octanol–water partition coefficient (Wildman–Crippen LogP) is 1.83. The van der Waals surface area contributed by atoms with E-state index in [1.165, 1.54) is 11.8 Å². The molecule has 2 atom stereocenters. The highest BCUT2D eigenvalue weighted by Gasteiger charge is 2.38. The Labute approximate surface area is 155 Å². The SMILES string of the molecule is COc1cccc2c1OCC(CN1C[C@H]3CC[C@@H]1CN(S(C)(=O)=O)C3)=C2. The molecule has 0 aliphatic carbocycles.